The second-order valence-electron chi connectivity index (χ2n) is 7.36. The van der Waals surface area contributed by atoms with Gasteiger partial charge in [0.15, 0.2) is 5.60 Å². The Labute approximate surface area is 175 Å². The van der Waals surface area contributed by atoms with Gasteiger partial charge in [0, 0.05) is 23.6 Å². The van der Waals surface area contributed by atoms with Gasteiger partial charge in [0.25, 0.3) is 0 Å². The van der Waals surface area contributed by atoms with Gasteiger partial charge in [-0.15, -0.1) is 0 Å². The molecule has 0 bridgehead atoms. The van der Waals surface area contributed by atoms with Crippen molar-refractivity contribution in [3.63, 3.8) is 0 Å². The second-order valence-corrected chi connectivity index (χ2v) is 7.36. The Morgan fingerprint density at radius 1 is 0.833 bits per heavy atom. The number of ether oxygens (including phenoxy) is 2. The molecule has 1 aliphatic rings. The molecule has 5 rings (SSSR count). The lowest BCUT2D eigenvalue weighted by Crippen LogP contribution is -2.34. The molecule has 0 fully saturated rings. The Balaban J connectivity index is 1.65. The molecule has 146 valence electrons. The molecule has 0 saturated carbocycles. The van der Waals surface area contributed by atoms with Crippen LogP contribution in [0.15, 0.2) is 97.1 Å². The van der Waals surface area contributed by atoms with Crippen molar-refractivity contribution in [2.75, 3.05) is 0 Å². The highest BCUT2D eigenvalue weighted by Gasteiger charge is 2.37. The number of rotatable bonds is 3. The van der Waals surface area contributed by atoms with Gasteiger partial charge >= 0.3 is 5.97 Å². The molecule has 30 heavy (non-hydrogen) atoms. The lowest BCUT2D eigenvalue weighted by molar-refractivity contribution is -0.131. The van der Waals surface area contributed by atoms with Crippen LogP contribution < -0.4 is 9.47 Å². The number of carbonyl (C=O) groups is 1. The predicted molar refractivity (Wildman–Crippen MR) is 119 cm³/mol. The molecular weight excluding hydrogens is 372 g/mol. The molecule has 1 aliphatic heterocycles. The normalized spacial score (nSPS) is 14.0. The van der Waals surface area contributed by atoms with Crippen LogP contribution >= 0.6 is 0 Å². The number of esters is 1. The van der Waals surface area contributed by atoms with Crippen molar-refractivity contribution in [2.45, 2.75) is 12.5 Å². The SMILES string of the molecule is CC(=O)Oc1ccc2c3c(ccc2c1)OC(c1ccccc1)(c1ccccc1)C=C3. The van der Waals surface area contributed by atoms with E-state index in [1.54, 1.807) is 0 Å². The van der Waals surface area contributed by atoms with E-state index in [0.717, 1.165) is 33.2 Å². The zero-order chi connectivity index (χ0) is 20.6. The monoisotopic (exact) mass is 392 g/mol. The van der Waals surface area contributed by atoms with E-state index in [2.05, 4.69) is 36.4 Å². The summed E-state index contributed by atoms with van der Waals surface area (Å²) >= 11 is 0. The number of fused-ring (bicyclic) bond motifs is 3. The first kappa shape index (κ1) is 18.2. The Morgan fingerprint density at radius 3 is 2.13 bits per heavy atom. The van der Waals surface area contributed by atoms with E-state index in [-0.39, 0.29) is 5.97 Å². The first-order chi connectivity index (χ1) is 14.7. The first-order valence-electron chi connectivity index (χ1n) is 9.90. The van der Waals surface area contributed by atoms with Gasteiger partial charge in [-0.05, 0) is 47.2 Å². The molecule has 0 spiro atoms. The third-order valence-electron chi connectivity index (χ3n) is 5.42. The van der Waals surface area contributed by atoms with E-state index >= 15 is 0 Å². The van der Waals surface area contributed by atoms with Crippen LogP contribution in [0.4, 0.5) is 0 Å². The molecule has 1 heterocycles. The maximum absolute atomic E-state index is 11.3. The molecule has 0 aromatic heterocycles. The van der Waals surface area contributed by atoms with Gasteiger partial charge < -0.3 is 9.47 Å². The Bertz CT molecular complexity index is 1220. The van der Waals surface area contributed by atoms with Crippen molar-refractivity contribution in [1.29, 1.82) is 0 Å². The van der Waals surface area contributed by atoms with Crippen molar-refractivity contribution in [2.24, 2.45) is 0 Å². The molecule has 0 radical (unpaired) electrons. The fraction of sp³-hybridized carbons (Fsp3) is 0.0741. The molecule has 0 aliphatic carbocycles. The Morgan fingerprint density at radius 2 is 1.50 bits per heavy atom. The van der Waals surface area contributed by atoms with Gasteiger partial charge in [-0.1, -0.05) is 66.7 Å². The van der Waals surface area contributed by atoms with E-state index in [4.69, 9.17) is 9.47 Å². The quantitative estimate of drug-likeness (QED) is 0.311. The summed E-state index contributed by atoms with van der Waals surface area (Å²) in [4.78, 5) is 11.3. The highest BCUT2D eigenvalue weighted by molar-refractivity contribution is 5.95. The van der Waals surface area contributed by atoms with Crippen molar-refractivity contribution in [3.05, 3.63) is 114 Å². The van der Waals surface area contributed by atoms with Crippen LogP contribution in [0.2, 0.25) is 0 Å². The van der Waals surface area contributed by atoms with Gasteiger partial charge in [0.05, 0.1) is 0 Å². The minimum absolute atomic E-state index is 0.328. The van der Waals surface area contributed by atoms with Gasteiger partial charge in [-0.3, -0.25) is 4.79 Å². The Hall–Kier alpha value is -3.85. The standard InChI is InChI=1S/C27H20O3/c1-19(28)29-23-13-14-24-20(18-23)12-15-26-25(24)16-17-27(30-26,21-8-4-2-5-9-21)22-10-6-3-7-11-22/h2-18H,1H3. The van der Waals surface area contributed by atoms with Crippen LogP contribution in [0.3, 0.4) is 0 Å². The molecule has 0 saturated heterocycles. The third-order valence-corrected chi connectivity index (χ3v) is 5.42. The maximum Gasteiger partial charge on any atom is 0.308 e. The Kier molecular flexibility index (Phi) is 4.36. The van der Waals surface area contributed by atoms with E-state index in [0.29, 0.717) is 5.75 Å². The zero-order valence-electron chi connectivity index (χ0n) is 16.5. The largest absolute Gasteiger partial charge is 0.473 e. The van der Waals surface area contributed by atoms with Crippen molar-refractivity contribution in [3.8, 4) is 11.5 Å². The van der Waals surface area contributed by atoms with Crippen molar-refractivity contribution in [1.82, 2.24) is 0 Å². The molecule has 3 heteroatoms. The molecule has 4 aromatic carbocycles. The first-order valence-corrected chi connectivity index (χ1v) is 9.90. The fourth-order valence-corrected chi connectivity index (χ4v) is 4.06. The number of carbonyl (C=O) groups excluding carboxylic acids is 1. The molecule has 4 aromatic rings. The summed E-state index contributed by atoms with van der Waals surface area (Å²) in [5.41, 5.74) is 2.47. The van der Waals surface area contributed by atoms with Gasteiger partial charge in [0.1, 0.15) is 11.5 Å². The maximum atomic E-state index is 11.3. The van der Waals surface area contributed by atoms with Crippen LogP contribution in [0.1, 0.15) is 23.6 Å². The van der Waals surface area contributed by atoms with Crippen LogP contribution in [0.25, 0.3) is 16.8 Å². The summed E-state index contributed by atoms with van der Waals surface area (Å²) in [6.07, 6.45) is 4.26. The summed E-state index contributed by atoms with van der Waals surface area (Å²) in [5, 5.41) is 2.04. The van der Waals surface area contributed by atoms with Crippen molar-refractivity contribution >= 4 is 22.8 Å². The minimum Gasteiger partial charge on any atom is -0.473 e. The molecule has 0 unspecified atom stereocenters. The highest BCUT2D eigenvalue weighted by Crippen LogP contribution is 2.44. The van der Waals surface area contributed by atoms with Gasteiger partial charge in [0.2, 0.25) is 0 Å². The average Bonchev–Trinajstić information content (AvgIpc) is 2.79. The molecule has 3 nitrogen and oxygen atoms in total. The average molecular weight is 392 g/mol. The van der Waals surface area contributed by atoms with E-state index < -0.39 is 5.60 Å². The van der Waals surface area contributed by atoms with E-state index in [1.807, 2.05) is 66.7 Å². The molecule has 0 atom stereocenters. The van der Waals surface area contributed by atoms with Gasteiger partial charge in [-0.2, -0.15) is 0 Å². The van der Waals surface area contributed by atoms with Crippen LogP contribution in [-0.4, -0.2) is 5.97 Å². The number of hydrogen-bond donors (Lipinski definition) is 0. The van der Waals surface area contributed by atoms with Crippen LogP contribution in [-0.2, 0) is 10.4 Å². The molecule has 0 N–H and O–H groups in total. The van der Waals surface area contributed by atoms with E-state index in [9.17, 15) is 4.79 Å². The summed E-state index contributed by atoms with van der Waals surface area (Å²) in [5.74, 6) is 1.03. The lowest BCUT2D eigenvalue weighted by Gasteiger charge is -2.36. The van der Waals surface area contributed by atoms with Crippen molar-refractivity contribution < 1.29 is 14.3 Å². The summed E-state index contributed by atoms with van der Waals surface area (Å²) in [6, 6.07) is 30.2. The third kappa shape index (κ3) is 3.05. The molecular formula is C27H20O3. The van der Waals surface area contributed by atoms with E-state index in [1.165, 1.54) is 6.92 Å². The summed E-state index contributed by atoms with van der Waals surface area (Å²) < 4.78 is 11.9. The highest BCUT2D eigenvalue weighted by atomic mass is 16.5. The van der Waals surface area contributed by atoms with Crippen LogP contribution in [0, 0.1) is 0 Å². The van der Waals surface area contributed by atoms with Gasteiger partial charge in [-0.25, -0.2) is 0 Å². The smallest absolute Gasteiger partial charge is 0.308 e. The summed E-state index contributed by atoms with van der Waals surface area (Å²) in [7, 11) is 0. The second kappa shape index (κ2) is 7.20. The lowest BCUT2D eigenvalue weighted by atomic mass is 9.83. The topological polar surface area (TPSA) is 35.5 Å². The minimum atomic E-state index is -0.694. The molecule has 0 amide bonds. The fourth-order valence-electron chi connectivity index (χ4n) is 4.06. The zero-order valence-corrected chi connectivity index (χ0v) is 16.5. The number of benzene rings is 4. The predicted octanol–water partition coefficient (Wildman–Crippen LogP) is 6.11. The summed E-state index contributed by atoms with van der Waals surface area (Å²) in [6.45, 7) is 1.40. The number of hydrogen-bond acceptors (Lipinski definition) is 3. The van der Waals surface area contributed by atoms with Crippen LogP contribution in [0.5, 0.6) is 11.5 Å².